The lowest BCUT2D eigenvalue weighted by Crippen LogP contribution is -2.31. The van der Waals surface area contributed by atoms with Crippen molar-refractivity contribution in [1.82, 2.24) is 19.9 Å². The van der Waals surface area contributed by atoms with Gasteiger partial charge in [0.1, 0.15) is 18.7 Å². The molecule has 0 saturated carbocycles. The van der Waals surface area contributed by atoms with E-state index in [0.717, 1.165) is 42.7 Å². The van der Waals surface area contributed by atoms with Gasteiger partial charge in [0.15, 0.2) is 11.6 Å². The Morgan fingerprint density at radius 3 is 2.90 bits per heavy atom. The van der Waals surface area contributed by atoms with Gasteiger partial charge in [0.2, 0.25) is 5.88 Å². The summed E-state index contributed by atoms with van der Waals surface area (Å²) in [5.74, 6) is -0.0445. The van der Waals surface area contributed by atoms with Gasteiger partial charge >= 0.3 is 0 Å². The quantitative estimate of drug-likeness (QED) is 0.356. The number of anilines is 2. The molecule has 12 heteroatoms. The highest BCUT2D eigenvalue weighted by atomic mass is 32.2. The Balaban J connectivity index is 1.49. The van der Waals surface area contributed by atoms with Gasteiger partial charge in [0.25, 0.3) is 6.01 Å². The summed E-state index contributed by atoms with van der Waals surface area (Å²) in [6, 6.07) is 4.56. The highest BCUT2D eigenvalue weighted by Crippen LogP contribution is 2.50. The Morgan fingerprint density at radius 1 is 1.35 bits per heavy atom. The van der Waals surface area contributed by atoms with Crippen LogP contribution in [-0.4, -0.2) is 57.3 Å². The first-order chi connectivity index (χ1) is 19.4. The summed E-state index contributed by atoms with van der Waals surface area (Å²) >= 11 is 1.52. The van der Waals surface area contributed by atoms with Gasteiger partial charge < -0.3 is 25.5 Å². The fourth-order valence-corrected chi connectivity index (χ4v) is 7.08. The standard InChI is InChI=1S/C28H36N8O3S/c1-3-6-18(25(37)17-8-4-9-20-23(17)19(14-29)26(31)40-20)24(30)27-33-21(34-28-32-10-12-38-28)13-22(35-27)39-15-16-7-5-11-36(16)2/h10,12-13,16-17,19,26H,3-9,11,15,30-31H2,1-2H3,(H,32,33,34,35)/b24-18-/t16-,17-,19?,26?/m0/s1. The minimum Gasteiger partial charge on any atom is -0.476 e. The number of hydrogen-bond donors (Lipinski definition) is 3. The highest BCUT2D eigenvalue weighted by molar-refractivity contribution is 8.03. The summed E-state index contributed by atoms with van der Waals surface area (Å²) < 4.78 is 11.5. The fraction of sp³-hybridized carbons (Fsp3) is 0.536. The first-order valence-corrected chi connectivity index (χ1v) is 14.7. The molecule has 5 N–H and O–H groups in total. The summed E-state index contributed by atoms with van der Waals surface area (Å²) in [5, 5.41) is 12.5. The number of rotatable bonds is 10. The number of likely N-dealkylation sites (N-methyl/N-ethyl adjacent to an activating group) is 1. The number of ketones is 1. The van der Waals surface area contributed by atoms with Crippen molar-refractivity contribution in [2.45, 2.75) is 63.3 Å². The molecule has 0 radical (unpaired) electrons. The molecule has 0 amide bonds. The number of oxazole rings is 1. The van der Waals surface area contributed by atoms with Crippen molar-refractivity contribution >= 4 is 35.1 Å². The van der Waals surface area contributed by atoms with E-state index in [2.05, 4.69) is 38.3 Å². The first kappa shape index (κ1) is 28.1. The molecule has 1 saturated heterocycles. The largest absolute Gasteiger partial charge is 0.476 e. The zero-order valence-corrected chi connectivity index (χ0v) is 23.7. The second-order valence-electron chi connectivity index (χ2n) is 10.5. The number of nitriles is 1. The topological polar surface area (TPSA) is 169 Å². The number of nitrogens with one attached hydrogen (secondary N) is 1. The molecule has 5 rings (SSSR count). The number of hydrogen-bond acceptors (Lipinski definition) is 12. The van der Waals surface area contributed by atoms with Gasteiger partial charge in [-0.25, -0.2) is 9.97 Å². The Hall–Kier alpha value is -3.40. The monoisotopic (exact) mass is 564 g/mol. The van der Waals surface area contributed by atoms with Crippen molar-refractivity contribution in [3.63, 3.8) is 0 Å². The normalized spacial score (nSPS) is 25.4. The third-order valence-electron chi connectivity index (χ3n) is 7.82. The third kappa shape index (κ3) is 5.87. The van der Waals surface area contributed by atoms with E-state index in [9.17, 15) is 10.1 Å². The maximum Gasteiger partial charge on any atom is 0.300 e. The van der Waals surface area contributed by atoms with Crippen molar-refractivity contribution in [2.75, 3.05) is 25.5 Å². The van der Waals surface area contributed by atoms with Crippen LogP contribution in [0.5, 0.6) is 5.88 Å². The molecule has 0 aromatic carbocycles. The van der Waals surface area contributed by atoms with Crippen molar-refractivity contribution in [3.8, 4) is 11.9 Å². The maximum atomic E-state index is 14.1. The molecule has 1 fully saturated rings. The van der Waals surface area contributed by atoms with E-state index < -0.39 is 11.8 Å². The molecule has 40 heavy (non-hydrogen) atoms. The van der Waals surface area contributed by atoms with Crippen LogP contribution in [0.25, 0.3) is 5.70 Å². The lowest BCUT2D eigenvalue weighted by molar-refractivity contribution is -0.118. The van der Waals surface area contributed by atoms with Gasteiger partial charge in [-0.1, -0.05) is 13.3 Å². The van der Waals surface area contributed by atoms with Crippen LogP contribution in [0, 0.1) is 23.2 Å². The van der Waals surface area contributed by atoms with Gasteiger partial charge in [0, 0.05) is 23.6 Å². The van der Waals surface area contributed by atoms with Gasteiger partial charge in [-0.2, -0.15) is 10.2 Å². The van der Waals surface area contributed by atoms with Crippen LogP contribution in [0.15, 0.2) is 39.0 Å². The molecule has 1 aliphatic carbocycles. The molecule has 2 unspecified atom stereocenters. The van der Waals surface area contributed by atoms with E-state index in [1.807, 2.05) is 6.92 Å². The number of nitrogens with two attached hydrogens (primary N) is 2. The van der Waals surface area contributed by atoms with Crippen LogP contribution in [0.1, 0.15) is 57.7 Å². The zero-order chi connectivity index (χ0) is 28.2. The summed E-state index contributed by atoms with van der Waals surface area (Å²) in [6.45, 7) is 3.51. The smallest absolute Gasteiger partial charge is 0.300 e. The van der Waals surface area contributed by atoms with Crippen LogP contribution in [0.3, 0.4) is 0 Å². The minimum absolute atomic E-state index is 0.0776. The predicted octanol–water partition coefficient (Wildman–Crippen LogP) is 3.95. The van der Waals surface area contributed by atoms with E-state index in [4.69, 9.17) is 20.6 Å². The molecule has 4 heterocycles. The van der Waals surface area contributed by atoms with Crippen LogP contribution < -0.4 is 21.5 Å². The lowest BCUT2D eigenvalue weighted by Gasteiger charge is -2.26. The minimum atomic E-state index is -0.475. The molecular weight excluding hydrogens is 528 g/mol. The second-order valence-corrected chi connectivity index (χ2v) is 11.8. The molecular formula is C28H36N8O3S. The Morgan fingerprint density at radius 2 is 2.20 bits per heavy atom. The number of nitrogens with zero attached hydrogens (tertiary/aromatic N) is 5. The number of Topliss-reactive ketones (excluding diaryl/α,β-unsaturated/α-hetero) is 1. The molecule has 2 aliphatic heterocycles. The molecule has 4 atom stereocenters. The van der Waals surface area contributed by atoms with Crippen molar-refractivity contribution in [1.29, 1.82) is 5.26 Å². The summed E-state index contributed by atoms with van der Waals surface area (Å²) in [7, 11) is 2.09. The number of aromatic nitrogens is 3. The lowest BCUT2D eigenvalue weighted by atomic mass is 9.76. The van der Waals surface area contributed by atoms with Crippen LogP contribution in [0.4, 0.5) is 11.8 Å². The molecule has 2 aromatic heterocycles. The second kappa shape index (κ2) is 12.4. The van der Waals surface area contributed by atoms with Gasteiger partial charge in [-0.05, 0) is 62.6 Å². The number of ether oxygens (including phenoxy) is 1. The van der Waals surface area contributed by atoms with E-state index >= 15 is 0 Å². The summed E-state index contributed by atoms with van der Waals surface area (Å²) in [5.41, 5.74) is 14.5. The summed E-state index contributed by atoms with van der Waals surface area (Å²) in [6.07, 6.45) is 8.73. The Bertz CT molecular complexity index is 1340. The van der Waals surface area contributed by atoms with Crippen LogP contribution in [0.2, 0.25) is 0 Å². The average molecular weight is 565 g/mol. The number of carbonyl (C=O) groups is 1. The van der Waals surface area contributed by atoms with E-state index in [0.29, 0.717) is 49.2 Å². The first-order valence-electron chi connectivity index (χ1n) is 13.9. The van der Waals surface area contributed by atoms with Crippen LogP contribution in [-0.2, 0) is 4.79 Å². The maximum absolute atomic E-state index is 14.1. The average Bonchev–Trinajstić information content (AvgIpc) is 3.69. The van der Waals surface area contributed by atoms with Gasteiger partial charge in [-0.3, -0.25) is 10.1 Å². The molecule has 11 nitrogen and oxygen atoms in total. The molecule has 212 valence electrons. The summed E-state index contributed by atoms with van der Waals surface area (Å²) in [4.78, 5) is 30.8. The van der Waals surface area contributed by atoms with Gasteiger partial charge in [-0.15, -0.1) is 11.8 Å². The zero-order valence-electron chi connectivity index (χ0n) is 22.9. The fourth-order valence-electron chi connectivity index (χ4n) is 5.74. The number of allylic oxidation sites excluding steroid dienone is 2. The van der Waals surface area contributed by atoms with Gasteiger partial charge in [0.05, 0.1) is 29.3 Å². The number of thioether (sulfide) groups is 1. The Labute approximate surface area is 238 Å². The molecule has 0 bridgehead atoms. The molecule has 2 aromatic rings. The number of carbonyl (C=O) groups excluding carboxylic acids is 1. The van der Waals surface area contributed by atoms with Crippen LogP contribution >= 0.6 is 11.8 Å². The molecule has 3 aliphatic rings. The van der Waals surface area contributed by atoms with E-state index in [1.54, 1.807) is 6.07 Å². The Kier molecular flexibility index (Phi) is 8.73. The SMILES string of the molecule is CCC/C(C(=O)[C@H]1CCCC2=C1C(C#N)C(N)S2)=C(/N)c1nc(Nc2ncco2)cc(OC[C@@H]2CCCN2C)n1. The van der Waals surface area contributed by atoms with E-state index in [-0.39, 0.29) is 28.7 Å². The third-order valence-corrected chi connectivity index (χ3v) is 9.09. The molecule has 0 spiro atoms. The van der Waals surface area contributed by atoms with Crippen molar-refractivity contribution < 1.29 is 13.9 Å². The highest BCUT2D eigenvalue weighted by Gasteiger charge is 2.42. The van der Waals surface area contributed by atoms with Crippen molar-refractivity contribution in [2.24, 2.45) is 23.3 Å². The van der Waals surface area contributed by atoms with E-state index in [1.165, 1.54) is 24.2 Å². The predicted molar refractivity (Wildman–Crippen MR) is 153 cm³/mol. The van der Waals surface area contributed by atoms with Crippen molar-refractivity contribution in [3.05, 3.63) is 40.4 Å². The number of likely N-dealkylation sites (tertiary alicyclic amines) is 1.